The number of nitrogens with one attached hydrogen (secondary N) is 1. The summed E-state index contributed by atoms with van der Waals surface area (Å²) in [6, 6.07) is 6.98. The molecule has 1 aromatic carbocycles. The van der Waals surface area contributed by atoms with Crippen LogP contribution in [0.5, 0.6) is 11.5 Å². The Bertz CT molecular complexity index is 791. The molecule has 0 amide bonds. The van der Waals surface area contributed by atoms with Crippen LogP contribution in [0.2, 0.25) is 0 Å². The minimum atomic E-state index is 0.113. The average Bonchev–Trinajstić information content (AvgIpc) is 2.68. The van der Waals surface area contributed by atoms with Gasteiger partial charge in [-0.25, -0.2) is 4.98 Å². The number of aromatic nitrogens is 2. The molecular weight excluding hydrogens is 346 g/mol. The van der Waals surface area contributed by atoms with E-state index in [1.165, 1.54) is 0 Å². The number of hydrogen-bond donors (Lipinski definition) is 2. The molecule has 1 aliphatic heterocycles. The molecule has 1 aliphatic rings. The summed E-state index contributed by atoms with van der Waals surface area (Å²) in [7, 11) is 0. The number of morpholine rings is 1. The van der Waals surface area contributed by atoms with Crippen LogP contribution in [0.4, 0.5) is 11.8 Å². The SMILES string of the molecule is CCCOc1ccc(/C=N\Nc2cc(C)nc(N3CCOCC3)n2)c(O)c1. The van der Waals surface area contributed by atoms with Crippen LogP contribution in [0.1, 0.15) is 24.6 Å². The third-order valence-corrected chi connectivity index (χ3v) is 3.99. The van der Waals surface area contributed by atoms with Gasteiger partial charge in [-0.05, 0) is 25.5 Å². The molecule has 27 heavy (non-hydrogen) atoms. The smallest absolute Gasteiger partial charge is 0.227 e. The Morgan fingerprint density at radius 3 is 2.85 bits per heavy atom. The van der Waals surface area contributed by atoms with E-state index < -0.39 is 0 Å². The number of anilines is 2. The Balaban J connectivity index is 1.66. The molecule has 1 fully saturated rings. The number of aryl methyl sites for hydroxylation is 1. The molecule has 8 nitrogen and oxygen atoms in total. The lowest BCUT2D eigenvalue weighted by Gasteiger charge is -2.27. The summed E-state index contributed by atoms with van der Waals surface area (Å²) in [5.74, 6) is 2.02. The van der Waals surface area contributed by atoms with Crippen molar-refractivity contribution in [2.75, 3.05) is 43.2 Å². The largest absolute Gasteiger partial charge is 0.507 e. The Hall–Kier alpha value is -2.87. The zero-order chi connectivity index (χ0) is 19.1. The second-order valence-electron chi connectivity index (χ2n) is 6.23. The standard InChI is InChI=1S/C19H25N5O3/c1-3-8-27-16-5-4-15(17(25)12-16)13-20-23-18-11-14(2)21-19(22-18)24-6-9-26-10-7-24/h4-5,11-13,25H,3,6-10H2,1-2H3,(H,21,22,23)/b20-13-. The fourth-order valence-electron chi connectivity index (χ4n) is 2.63. The van der Waals surface area contributed by atoms with Crippen molar-refractivity contribution in [3.8, 4) is 11.5 Å². The maximum absolute atomic E-state index is 10.1. The summed E-state index contributed by atoms with van der Waals surface area (Å²) in [4.78, 5) is 11.1. The van der Waals surface area contributed by atoms with Gasteiger partial charge < -0.3 is 19.5 Å². The molecule has 0 bridgehead atoms. The monoisotopic (exact) mass is 371 g/mol. The van der Waals surface area contributed by atoms with E-state index in [1.54, 1.807) is 18.3 Å². The Labute approximate surface area is 158 Å². The van der Waals surface area contributed by atoms with E-state index in [9.17, 15) is 5.11 Å². The van der Waals surface area contributed by atoms with Crippen molar-refractivity contribution in [2.45, 2.75) is 20.3 Å². The highest BCUT2D eigenvalue weighted by molar-refractivity contribution is 5.84. The van der Waals surface area contributed by atoms with Gasteiger partial charge in [0.05, 0.1) is 26.0 Å². The molecule has 0 unspecified atom stereocenters. The van der Waals surface area contributed by atoms with E-state index in [-0.39, 0.29) is 5.75 Å². The summed E-state index contributed by atoms with van der Waals surface area (Å²) in [5, 5.41) is 14.3. The van der Waals surface area contributed by atoms with Crippen LogP contribution >= 0.6 is 0 Å². The third-order valence-electron chi connectivity index (χ3n) is 3.99. The maximum atomic E-state index is 10.1. The average molecular weight is 371 g/mol. The van der Waals surface area contributed by atoms with E-state index in [1.807, 2.05) is 26.0 Å². The quantitative estimate of drug-likeness (QED) is 0.571. The van der Waals surface area contributed by atoms with Gasteiger partial charge in [-0.3, -0.25) is 5.43 Å². The van der Waals surface area contributed by atoms with Gasteiger partial charge in [0, 0.05) is 36.5 Å². The van der Waals surface area contributed by atoms with Gasteiger partial charge in [-0.2, -0.15) is 10.1 Å². The highest BCUT2D eigenvalue weighted by Crippen LogP contribution is 2.22. The van der Waals surface area contributed by atoms with Crippen molar-refractivity contribution in [1.29, 1.82) is 0 Å². The molecule has 0 radical (unpaired) electrons. The molecule has 0 atom stereocenters. The van der Waals surface area contributed by atoms with Gasteiger partial charge in [0.2, 0.25) is 5.95 Å². The summed E-state index contributed by atoms with van der Waals surface area (Å²) in [6.45, 7) is 7.46. The first kappa shape index (κ1) is 18.9. The van der Waals surface area contributed by atoms with Gasteiger partial charge in [-0.15, -0.1) is 0 Å². The Morgan fingerprint density at radius 1 is 1.30 bits per heavy atom. The van der Waals surface area contributed by atoms with E-state index in [0.29, 0.717) is 42.9 Å². The Morgan fingerprint density at radius 2 is 2.11 bits per heavy atom. The first-order chi connectivity index (χ1) is 13.2. The first-order valence-corrected chi connectivity index (χ1v) is 9.09. The highest BCUT2D eigenvalue weighted by Gasteiger charge is 2.14. The fourth-order valence-corrected chi connectivity index (χ4v) is 2.63. The van der Waals surface area contributed by atoms with Crippen molar-refractivity contribution in [3.63, 3.8) is 0 Å². The molecule has 8 heteroatoms. The van der Waals surface area contributed by atoms with Crippen LogP contribution in [-0.4, -0.2) is 54.2 Å². The number of nitrogens with zero attached hydrogens (tertiary/aromatic N) is 4. The van der Waals surface area contributed by atoms with Gasteiger partial charge in [0.1, 0.15) is 11.5 Å². The zero-order valence-corrected chi connectivity index (χ0v) is 15.7. The van der Waals surface area contributed by atoms with Crippen LogP contribution in [0, 0.1) is 6.92 Å². The van der Waals surface area contributed by atoms with E-state index >= 15 is 0 Å². The normalized spacial score (nSPS) is 14.5. The molecule has 0 saturated carbocycles. The lowest BCUT2D eigenvalue weighted by atomic mass is 10.2. The molecule has 2 aromatic rings. The lowest BCUT2D eigenvalue weighted by molar-refractivity contribution is 0.122. The summed E-state index contributed by atoms with van der Waals surface area (Å²) >= 11 is 0. The predicted octanol–water partition coefficient (Wildman–Crippen LogP) is 2.56. The number of phenolic OH excluding ortho intramolecular Hbond substituents is 1. The number of ether oxygens (including phenoxy) is 2. The van der Waals surface area contributed by atoms with E-state index in [0.717, 1.165) is 25.2 Å². The number of aromatic hydroxyl groups is 1. The number of benzene rings is 1. The van der Waals surface area contributed by atoms with Crippen molar-refractivity contribution in [1.82, 2.24) is 9.97 Å². The topological polar surface area (TPSA) is 92.1 Å². The van der Waals surface area contributed by atoms with Gasteiger partial charge in [0.15, 0.2) is 5.82 Å². The van der Waals surface area contributed by atoms with Gasteiger partial charge in [0.25, 0.3) is 0 Å². The number of hydrogen-bond acceptors (Lipinski definition) is 8. The van der Waals surface area contributed by atoms with Crippen LogP contribution < -0.4 is 15.1 Å². The van der Waals surface area contributed by atoms with Crippen molar-refractivity contribution in [3.05, 3.63) is 35.5 Å². The van der Waals surface area contributed by atoms with E-state index in [4.69, 9.17) is 9.47 Å². The molecular formula is C19H25N5O3. The van der Waals surface area contributed by atoms with Crippen molar-refractivity contribution < 1.29 is 14.6 Å². The molecule has 144 valence electrons. The number of phenols is 1. The van der Waals surface area contributed by atoms with Crippen molar-refractivity contribution in [2.24, 2.45) is 5.10 Å². The molecule has 0 aliphatic carbocycles. The molecule has 1 aromatic heterocycles. The summed E-state index contributed by atoms with van der Waals surface area (Å²) in [6.07, 6.45) is 2.46. The third kappa shape index (κ3) is 5.30. The maximum Gasteiger partial charge on any atom is 0.227 e. The minimum Gasteiger partial charge on any atom is -0.507 e. The fraction of sp³-hybridized carbons (Fsp3) is 0.421. The van der Waals surface area contributed by atoms with Gasteiger partial charge in [-0.1, -0.05) is 6.92 Å². The second-order valence-corrected chi connectivity index (χ2v) is 6.23. The highest BCUT2D eigenvalue weighted by atomic mass is 16.5. The number of rotatable bonds is 7. The number of hydrazone groups is 1. The lowest BCUT2D eigenvalue weighted by Crippen LogP contribution is -2.37. The summed E-state index contributed by atoms with van der Waals surface area (Å²) in [5.41, 5.74) is 4.35. The molecule has 1 saturated heterocycles. The Kier molecular flexibility index (Phi) is 6.43. The molecule has 2 N–H and O–H groups in total. The second kappa shape index (κ2) is 9.18. The van der Waals surface area contributed by atoms with Crippen LogP contribution in [-0.2, 0) is 4.74 Å². The van der Waals surface area contributed by atoms with Crippen LogP contribution in [0.25, 0.3) is 0 Å². The van der Waals surface area contributed by atoms with E-state index in [2.05, 4.69) is 25.4 Å². The predicted molar refractivity (Wildman–Crippen MR) is 105 cm³/mol. The molecule has 2 heterocycles. The van der Waals surface area contributed by atoms with Gasteiger partial charge >= 0.3 is 0 Å². The minimum absolute atomic E-state index is 0.113. The molecule has 0 spiro atoms. The van der Waals surface area contributed by atoms with Crippen LogP contribution in [0.15, 0.2) is 29.4 Å². The molecule has 3 rings (SSSR count). The first-order valence-electron chi connectivity index (χ1n) is 9.09. The van der Waals surface area contributed by atoms with Crippen LogP contribution in [0.3, 0.4) is 0 Å². The zero-order valence-electron chi connectivity index (χ0n) is 15.7. The van der Waals surface area contributed by atoms with Crippen molar-refractivity contribution >= 4 is 18.0 Å². The summed E-state index contributed by atoms with van der Waals surface area (Å²) < 4.78 is 10.9.